The number of halogens is 1. The van der Waals surface area contributed by atoms with Gasteiger partial charge in [0.15, 0.2) is 0 Å². The Labute approximate surface area is 79.2 Å². The summed E-state index contributed by atoms with van der Waals surface area (Å²) in [6.45, 7) is 1.86. The summed E-state index contributed by atoms with van der Waals surface area (Å²) in [5.74, 6) is 0. The van der Waals surface area contributed by atoms with E-state index in [4.69, 9.17) is 5.53 Å². The van der Waals surface area contributed by atoms with Crippen LogP contribution in [-0.4, -0.2) is 0 Å². The Balaban J connectivity index is 3.02. The third-order valence-corrected chi connectivity index (χ3v) is 2.30. The van der Waals surface area contributed by atoms with Crippen molar-refractivity contribution in [3.8, 4) is 0 Å². The lowest BCUT2D eigenvalue weighted by Gasteiger charge is -2.06. The van der Waals surface area contributed by atoms with Crippen LogP contribution in [0.4, 0.5) is 0 Å². The highest BCUT2D eigenvalue weighted by Crippen LogP contribution is 2.25. The van der Waals surface area contributed by atoms with Crippen molar-refractivity contribution in [3.05, 3.63) is 44.7 Å². The van der Waals surface area contributed by atoms with Gasteiger partial charge in [-0.3, -0.25) is 0 Å². The number of rotatable bonds is 2. The summed E-state index contributed by atoms with van der Waals surface area (Å²) >= 11 is 3.38. The van der Waals surface area contributed by atoms with E-state index in [1.807, 2.05) is 31.2 Å². The molecule has 62 valence electrons. The monoisotopic (exact) mass is 225 g/mol. The van der Waals surface area contributed by atoms with Crippen LogP contribution in [0.15, 0.2) is 33.9 Å². The molecular formula is C8H8BrN3. The standard InChI is InChI=1S/C8H8BrN3/c1-6(11-12-10)7-4-2-3-5-8(7)9/h2-6H,1H3/t6-/m1/s1. The molecule has 0 bridgehead atoms. The van der Waals surface area contributed by atoms with E-state index in [0.717, 1.165) is 10.0 Å². The lowest BCUT2D eigenvalue weighted by atomic mass is 10.1. The van der Waals surface area contributed by atoms with Crippen molar-refractivity contribution < 1.29 is 0 Å². The molecule has 0 N–H and O–H groups in total. The zero-order valence-electron chi connectivity index (χ0n) is 6.61. The van der Waals surface area contributed by atoms with Gasteiger partial charge >= 0.3 is 0 Å². The topological polar surface area (TPSA) is 48.8 Å². The van der Waals surface area contributed by atoms with Gasteiger partial charge in [0.05, 0.1) is 6.04 Å². The summed E-state index contributed by atoms with van der Waals surface area (Å²) in [5.41, 5.74) is 9.24. The molecule has 0 unspecified atom stereocenters. The predicted molar refractivity (Wildman–Crippen MR) is 51.7 cm³/mol. The van der Waals surface area contributed by atoms with E-state index in [0.29, 0.717) is 0 Å². The van der Waals surface area contributed by atoms with Gasteiger partial charge in [0.25, 0.3) is 0 Å². The van der Waals surface area contributed by atoms with Crippen LogP contribution in [0, 0.1) is 0 Å². The van der Waals surface area contributed by atoms with Crippen molar-refractivity contribution in [2.75, 3.05) is 0 Å². The molecule has 0 aromatic heterocycles. The van der Waals surface area contributed by atoms with E-state index in [-0.39, 0.29) is 6.04 Å². The normalized spacial score (nSPS) is 11.8. The molecule has 1 atom stereocenters. The number of azide groups is 1. The zero-order valence-corrected chi connectivity index (χ0v) is 8.19. The average molecular weight is 226 g/mol. The molecule has 0 spiro atoms. The van der Waals surface area contributed by atoms with Gasteiger partial charge in [0.2, 0.25) is 0 Å². The molecule has 0 aliphatic heterocycles. The van der Waals surface area contributed by atoms with Crippen LogP contribution in [0.2, 0.25) is 0 Å². The number of hydrogen-bond acceptors (Lipinski definition) is 1. The second-order valence-corrected chi connectivity index (χ2v) is 3.26. The van der Waals surface area contributed by atoms with Crippen molar-refractivity contribution in [3.63, 3.8) is 0 Å². The van der Waals surface area contributed by atoms with Crippen LogP contribution >= 0.6 is 15.9 Å². The minimum Gasteiger partial charge on any atom is -0.0862 e. The van der Waals surface area contributed by atoms with E-state index in [9.17, 15) is 0 Å². The molecule has 1 rings (SSSR count). The molecule has 12 heavy (non-hydrogen) atoms. The first kappa shape index (κ1) is 9.10. The Kier molecular flexibility index (Phi) is 3.14. The van der Waals surface area contributed by atoms with Gasteiger partial charge in [-0.1, -0.05) is 46.2 Å². The summed E-state index contributed by atoms with van der Waals surface area (Å²) in [6, 6.07) is 7.59. The molecule has 1 aromatic rings. The Morgan fingerprint density at radius 2 is 2.17 bits per heavy atom. The van der Waals surface area contributed by atoms with E-state index in [1.54, 1.807) is 0 Å². The number of hydrogen-bond donors (Lipinski definition) is 0. The van der Waals surface area contributed by atoms with Gasteiger partial charge in [-0.05, 0) is 17.2 Å². The molecular weight excluding hydrogens is 218 g/mol. The van der Waals surface area contributed by atoms with Crippen molar-refractivity contribution >= 4 is 15.9 Å². The second kappa shape index (κ2) is 4.14. The number of nitrogens with zero attached hydrogens (tertiary/aromatic N) is 3. The summed E-state index contributed by atoms with van der Waals surface area (Å²) in [6.07, 6.45) is 0. The maximum Gasteiger partial charge on any atom is 0.0608 e. The highest BCUT2D eigenvalue weighted by atomic mass is 79.9. The highest BCUT2D eigenvalue weighted by Gasteiger charge is 2.04. The van der Waals surface area contributed by atoms with E-state index in [2.05, 4.69) is 26.0 Å². The lowest BCUT2D eigenvalue weighted by molar-refractivity contribution is 0.803. The van der Waals surface area contributed by atoms with Gasteiger partial charge in [-0.2, -0.15) is 0 Å². The van der Waals surface area contributed by atoms with Crippen LogP contribution < -0.4 is 0 Å². The fraction of sp³-hybridized carbons (Fsp3) is 0.250. The first-order valence-corrected chi connectivity index (χ1v) is 4.33. The molecule has 3 nitrogen and oxygen atoms in total. The first-order valence-electron chi connectivity index (χ1n) is 3.54. The fourth-order valence-electron chi connectivity index (χ4n) is 0.954. The zero-order chi connectivity index (χ0) is 8.97. The Hall–Kier alpha value is -0.990. The van der Waals surface area contributed by atoms with E-state index < -0.39 is 0 Å². The van der Waals surface area contributed by atoms with Crippen molar-refractivity contribution in [2.24, 2.45) is 5.11 Å². The maximum absolute atomic E-state index is 8.23. The van der Waals surface area contributed by atoms with Crippen LogP contribution in [0.25, 0.3) is 10.4 Å². The van der Waals surface area contributed by atoms with E-state index >= 15 is 0 Å². The Bertz CT molecular complexity index is 318. The minimum absolute atomic E-state index is 0.120. The smallest absolute Gasteiger partial charge is 0.0608 e. The Morgan fingerprint density at radius 3 is 2.75 bits per heavy atom. The minimum atomic E-state index is -0.120. The van der Waals surface area contributed by atoms with Gasteiger partial charge in [0.1, 0.15) is 0 Å². The molecule has 1 aromatic carbocycles. The highest BCUT2D eigenvalue weighted by molar-refractivity contribution is 9.10. The molecule has 0 aliphatic carbocycles. The van der Waals surface area contributed by atoms with Crippen LogP contribution in [0.1, 0.15) is 18.5 Å². The first-order chi connectivity index (χ1) is 5.75. The largest absolute Gasteiger partial charge is 0.0862 e. The quantitative estimate of drug-likeness (QED) is 0.418. The molecule has 0 saturated carbocycles. The third kappa shape index (κ3) is 2.00. The summed E-state index contributed by atoms with van der Waals surface area (Å²) in [7, 11) is 0. The van der Waals surface area contributed by atoms with E-state index in [1.165, 1.54) is 0 Å². The van der Waals surface area contributed by atoms with Gasteiger partial charge in [0, 0.05) is 9.38 Å². The van der Waals surface area contributed by atoms with Gasteiger partial charge in [-0.25, -0.2) is 0 Å². The molecule has 4 heteroatoms. The number of benzene rings is 1. The van der Waals surface area contributed by atoms with Crippen molar-refractivity contribution in [1.82, 2.24) is 0 Å². The van der Waals surface area contributed by atoms with Crippen molar-refractivity contribution in [2.45, 2.75) is 13.0 Å². The molecule has 0 aliphatic rings. The second-order valence-electron chi connectivity index (χ2n) is 2.40. The summed E-state index contributed by atoms with van der Waals surface area (Å²) < 4.78 is 0.977. The van der Waals surface area contributed by atoms with Crippen LogP contribution in [0.5, 0.6) is 0 Å². The van der Waals surface area contributed by atoms with Gasteiger partial charge < -0.3 is 0 Å². The molecule has 0 fully saturated rings. The molecule has 0 saturated heterocycles. The fourth-order valence-corrected chi connectivity index (χ4v) is 1.57. The summed E-state index contributed by atoms with van der Waals surface area (Å²) in [5, 5.41) is 3.61. The van der Waals surface area contributed by atoms with Crippen LogP contribution in [-0.2, 0) is 0 Å². The molecule has 0 amide bonds. The predicted octanol–water partition coefficient (Wildman–Crippen LogP) is 3.82. The van der Waals surface area contributed by atoms with Crippen molar-refractivity contribution in [1.29, 1.82) is 0 Å². The third-order valence-electron chi connectivity index (χ3n) is 1.58. The molecule has 0 radical (unpaired) electrons. The summed E-state index contributed by atoms with van der Waals surface area (Å²) in [4.78, 5) is 2.76. The lowest BCUT2D eigenvalue weighted by Crippen LogP contribution is -1.88. The Morgan fingerprint density at radius 1 is 1.50 bits per heavy atom. The average Bonchev–Trinajstić information content (AvgIpc) is 2.05. The molecule has 0 heterocycles. The van der Waals surface area contributed by atoms with Crippen LogP contribution in [0.3, 0.4) is 0 Å². The van der Waals surface area contributed by atoms with Gasteiger partial charge in [-0.15, -0.1) is 0 Å². The maximum atomic E-state index is 8.23. The SMILES string of the molecule is C[C@@H](N=[N+]=[N-])c1ccccc1Br.